The van der Waals surface area contributed by atoms with Crippen molar-refractivity contribution in [3.63, 3.8) is 0 Å². The average Bonchev–Trinajstić information content (AvgIpc) is 2.59. The van der Waals surface area contributed by atoms with E-state index in [-0.39, 0.29) is 4.90 Å². The van der Waals surface area contributed by atoms with Crippen molar-refractivity contribution in [2.24, 2.45) is 0 Å². The quantitative estimate of drug-likeness (QED) is 0.397. The van der Waals surface area contributed by atoms with Gasteiger partial charge in [0, 0.05) is 25.7 Å². The summed E-state index contributed by atoms with van der Waals surface area (Å²) in [6.45, 7) is 0. The zero-order chi connectivity index (χ0) is 15.7. The van der Waals surface area contributed by atoms with Crippen LogP contribution in [-0.4, -0.2) is 56.7 Å². The highest BCUT2D eigenvalue weighted by molar-refractivity contribution is 7.88. The van der Waals surface area contributed by atoms with Crippen molar-refractivity contribution in [2.45, 2.75) is 30.6 Å². The summed E-state index contributed by atoms with van der Waals surface area (Å²) in [5, 5.41) is 17.6. The van der Waals surface area contributed by atoms with Gasteiger partial charge in [-0.3, -0.25) is 18.9 Å². The molecule has 11 heteroatoms. The van der Waals surface area contributed by atoms with E-state index in [0.29, 0.717) is 0 Å². The molecule has 1 atom stereocenters. The van der Waals surface area contributed by atoms with Crippen LogP contribution in [-0.2, 0) is 29.3 Å². The number of carboxylic acid groups (broad SMARTS) is 2. The summed E-state index contributed by atoms with van der Waals surface area (Å²) in [6.07, 6.45) is -2.93. The van der Waals surface area contributed by atoms with Gasteiger partial charge in [-0.15, -0.1) is 0 Å². The molecular weight excluding hydrogens is 298 g/mol. The molecular formula is C9H11NO9S. The fourth-order valence-corrected chi connectivity index (χ4v) is 2.94. The van der Waals surface area contributed by atoms with Crippen molar-refractivity contribution in [3.05, 3.63) is 0 Å². The van der Waals surface area contributed by atoms with Gasteiger partial charge < -0.3 is 10.2 Å². The van der Waals surface area contributed by atoms with Crippen LogP contribution in [0.1, 0.15) is 25.7 Å². The van der Waals surface area contributed by atoms with E-state index in [2.05, 4.69) is 0 Å². The van der Waals surface area contributed by atoms with E-state index in [4.69, 9.17) is 14.8 Å². The monoisotopic (exact) mass is 309 g/mol. The lowest BCUT2D eigenvalue weighted by molar-refractivity contribution is -0.158. The van der Waals surface area contributed by atoms with E-state index >= 15 is 0 Å². The highest BCUT2D eigenvalue weighted by Gasteiger charge is 2.61. The number of carboxylic acids is 2. The van der Waals surface area contributed by atoms with Crippen LogP contribution in [0.3, 0.4) is 0 Å². The minimum absolute atomic E-state index is 0.0758. The molecule has 2 amide bonds. The largest absolute Gasteiger partial charge is 0.481 e. The molecule has 0 aliphatic carbocycles. The normalized spacial score (nSPS) is 18.9. The lowest BCUT2D eigenvalue weighted by Gasteiger charge is -2.33. The zero-order valence-corrected chi connectivity index (χ0v) is 10.8. The van der Waals surface area contributed by atoms with E-state index in [9.17, 15) is 27.6 Å². The van der Waals surface area contributed by atoms with E-state index in [1.54, 1.807) is 0 Å². The number of rotatable bonds is 6. The van der Waals surface area contributed by atoms with E-state index in [1.807, 2.05) is 0 Å². The third-order valence-electron chi connectivity index (χ3n) is 2.85. The topological polar surface area (TPSA) is 166 Å². The van der Waals surface area contributed by atoms with Gasteiger partial charge in [0.2, 0.25) is 11.8 Å². The Morgan fingerprint density at radius 1 is 1.15 bits per heavy atom. The number of hydrogen-bond donors (Lipinski definition) is 3. The third kappa shape index (κ3) is 2.49. The first-order chi connectivity index (χ1) is 9.04. The molecule has 3 N–H and O–H groups in total. The minimum Gasteiger partial charge on any atom is -0.481 e. The fourth-order valence-electron chi connectivity index (χ4n) is 1.92. The molecule has 0 spiro atoms. The summed E-state index contributed by atoms with van der Waals surface area (Å²) in [7, 11) is -5.45. The van der Waals surface area contributed by atoms with Gasteiger partial charge in [-0.25, -0.2) is 9.69 Å². The van der Waals surface area contributed by atoms with Gasteiger partial charge in [0.1, 0.15) is 0 Å². The highest BCUT2D eigenvalue weighted by atomic mass is 32.2. The molecule has 0 bridgehead atoms. The summed E-state index contributed by atoms with van der Waals surface area (Å²) in [6, 6.07) is 0. The molecule has 1 unspecified atom stereocenters. The summed E-state index contributed by atoms with van der Waals surface area (Å²) < 4.78 is 32.0. The second kappa shape index (κ2) is 5.17. The first kappa shape index (κ1) is 16.0. The number of amides is 2. The maximum atomic E-state index is 11.5. The fraction of sp³-hybridized carbons (Fsp3) is 0.556. The van der Waals surface area contributed by atoms with Crippen molar-refractivity contribution >= 4 is 33.9 Å². The van der Waals surface area contributed by atoms with Gasteiger partial charge in [0.25, 0.3) is 4.87 Å². The smallest absolute Gasteiger partial charge is 0.348 e. The van der Waals surface area contributed by atoms with Crippen molar-refractivity contribution in [1.82, 2.24) is 4.90 Å². The van der Waals surface area contributed by atoms with Gasteiger partial charge in [0.05, 0.1) is 0 Å². The maximum Gasteiger partial charge on any atom is 0.348 e. The maximum absolute atomic E-state index is 11.5. The molecule has 0 aromatic carbocycles. The Kier molecular flexibility index (Phi) is 4.15. The summed E-state index contributed by atoms with van der Waals surface area (Å²) >= 11 is 0. The average molecular weight is 309 g/mol. The molecule has 1 aliphatic heterocycles. The number of imide groups is 1. The zero-order valence-electron chi connectivity index (χ0n) is 9.98. The number of hydrogen-bond acceptors (Lipinski definition) is 6. The van der Waals surface area contributed by atoms with Gasteiger partial charge in [-0.2, -0.15) is 8.42 Å². The minimum atomic E-state index is -5.45. The second-order valence-electron chi connectivity index (χ2n) is 4.08. The molecule has 20 heavy (non-hydrogen) atoms. The van der Waals surface area contributed by atoms with E-state index in [0.717, 1.165) is 0 Å². The number of likely N-dealkylation sites (tertiary alicyclic amines) is 1. The van der Waals surface area contributed by atoms with E-state index in [1.165, 1.54) is 0 Å². The molecule has 1 rings (SSSR count). The van der Waals surface area contributed by atoms with Crippen LogP contribution in [0.2, 0.25) is 0 Å². The molecule has 0 radical (unpaired) electrons. The predicted molar refractivity (Wildman–Crippen MR) is 59.9 cm³/mol. The first-order valence-corrected chi connectivity index (χ1v) is 6.76. The van der Waals surface area contributed by atoms with Crippen molar-refractivity contribution in [3.8, 4) is 0 Å². The van der Waals surface area contributed by atoms with Crippen LogP contribution in [0, 0.1) is 0 Å². The molecule has 112 valence electrons. The van der Waals surface area contributed by atoms with E-state index < -0.39 is 64.4 Å². The number of carbonyl (C=O) groups is 4. The first-order valence-electron chi connectivity index (χ1n) is 5.32. The highest BCUT2D eigenvalue weighted by Crippen LogP contribution is 2.33. The Labute approximate surface area is 112 Å². The van der Waals surface area contributed by atoms with Crippen molar-refractivity contribution in [2.75, 3.05) is 0 Å². The Morgan fingerprint density at radius 3 is 1.90 bits per heavy atom. The third-order valence-corrected chi connectivity index (χ3v) is 4.27. The molecule has 0 aromatic heterocycles. The molecule has 1 aliphatic rings. The molecule has 1 fully saturated rings. The van der Waals surface area contributed by atoms with Crippen molar-refractivity contribution in [1.29, 1.82) is 0 Å². The van der Waals surface area contributed by atoms with Crippen LogP contribution in [0.5, 0.6) is 0 Å². The molecule has 0 saturated carbocycles. The number of carbonyl (C=O) groups excluding carboxylic acids is 2. The van der Waals surface area contributed by atoms with Gasteiger partial charge in [0.15, 0.2) is 0 Å². The lowest BCUT2D eigenvalue weighted by Crippen LogP contribution is -2.61. The lowest BCUT2D eigenvalue weighted by atomic mass is 10.1. The Balaban J connectivity index is 3.45. The predicted octanol–water partition coefficient (Wildman–Crippen LogP) is -1.33. The molecule has 0 aromatic rings. The summed E-state index contributed by atoms with van der Waals surface area (Å²) in [5.74, 6) is -5.93. The van der Waals surface area contributed by atoms with Crippen LogP contribution in [0.25, 0.3) is 0 Å². The molecule has 1 saturated heterocycles. The summed E-state index contributed by atoms with van der Waals surface area (Å²) in [5.41, 5.74) is 0. The van der Waals surface area contributed by atoms with Gasteiger partial charge in [-0.05, 0) is 0 Å². The van der Waals surface area contributed by atoms with Gasteiger partial charge >= 0.3 is 22.1 Å². The molecule has 10 nitrogen and oxygen atoms in total. The van der Waals surface area contributed by atoms with Crippen LogP contribution in [0.4, 0.5) is 0 Å². The van der Waals surface area contributed by atoms with Crippen molar-refractivity contribution < 1.29 is 42.4 Å². The Hall–Kier alpha value is -2.01. The number of aliphatic carboxylic acids is 2. The standard InChI is InChI=1S/C9H11NO9S/c11-5-1-2-6(12)10(5)9(8(15)16,20(17,18)19)4-3-7(13)14/h1-4H2,(H,13,14)(H,15,16)(H,17,18,19). The van der Waals surface area contributed by atoms with Crippen LogP contribution >= 0.6 is 0 Å². The SMILES string of the molecule is O=C(O)CCC(C(=O)O)(N1C(=O)CCC1=O)S(=O)(=O)O. The Morgan fingerprint density at radius 2 is 1.60 bits per heavy atom. The summed E-state index contributed by atoms with van der Waals surface area (Å²) in [4.78, 5) is 41.5. The van der Waals surface area contributed by atoms with Gasteiger partial charge in [-0.1, -0.05) is 0 Å². The van der Waals surface area contributed by atoms with Crippen LogP contribution in [0.15, 0.2) is 0 Å². The molecule has 1 heterocycles. The second-order valence-corrected chi connectivity index (χ2v) is 5.71. The Bertz CT molecular complexity index is 564. The number of nitrogens with zero attached hydrogens (tertiary/aromatic N) is 1. The van der Waals surface area contributed by atoms with Crippen LogP contribution < -0.4 is 0 Å².